The number of H-pyrrole nitrogens is 1. The van der Waals surface area contributed by atoms with Crippen LogP contribution in [0.2, 0.25) is 0 Å². The third-order valence-electron chi connectivity index (χ3n) is 1.87. The van der Waals surface area contributed by atoms with E-state index in [0.29, 0.717) is 0 Å². The Kier molecular flexibility index (Phi) is 4.90. The molecule has 0 aliphatic rings. The van der Waals surface area contributed by atoms with Gasteiger partial charge in [0.1, 0.15) is 0 Å². The molecule has 0 fully saturated rings. The number of hydrogen-bond acceptors (Lipinski definition) is 5. The van der Waals surface area contributed by atoms with Crippen molar-refractivity contribution in [2.45, 2.75) is 6.23 Å². The lowest BCUT2D eigenvalue weighted by Crippen LogP contribution is -2.34. The van der Waals surface area contributed by atoms with E-state index in [2.05, 4.69) is 4.98 Å². The van der Waals surface area contributed by atoms with Crippen LogP contribution in [0.25, 0.3) is 0 Å². The van der Waals surface area contributed by atoms with Crippen molar-refractivity contribution in [2.24, 2.45) is 0 Å². The fraction of sp³-hybridized carbons (Fsp3) is 0.556. The normalized spacial score (nSPS) is 12.6. The molecular weight excluding hydrogens is 216 g/mol. The Labute approximate surface area is 91.2 Å². The van der Waals surface area contributed by atoms with E-state index in [4.69, 9.17) is 14.6 Å². The first-order valence-electron chi connectivity index (χ1n) is 4.72. The molecule has 0 bridgehead atoms. The van der Waals surface area contributed by atoms with Crippen molar-refractivity contribution in [3.05, 3.63) is 33.1 Å². The van der Waals surface area contributed by atoms with Gasteiger partial charge >= 0.3 is 5.69 Å². The summed E-state index contributed by atoms with van der Waals surface area (Å²) < 4.78 is 11.3. The van der Waals surface area contributed by atoms with E-state index in [9.17, 15) is 9.59 Å². The van der Waals surface area contributed by atoms with Gasteiger partial charge in [-0.05, 0) is 0 Å². The number of methoxy groups -OCH3 is 1. The number of nitrogens with zero attached hydrogens (tertiary/aromatic N) is 1. The third kappa shape index (κ3) is 3.30. The highest BCUT2D eigenvalue weighted by molar-refractivity contribution is 4.84. The lowest BCUT2D eigenvalue weighted by Gasteiger charge is -2.18. The van der Waals surface area contributed by atoms with Gasteiger partial charge < -0.3 is 14.6 Å². The number of aromatic amines is 1. The number of hydrogen-bond donors (Lipinski definition) is 2. The Bertz CT molecular complexity index is 424. The highest BCUT2D eigenvalue weighted by Crippen LogP contribution is 2.04. The molecule has 0 saturated carbocycles. The lowest BCUT2D eigenvalue weighted by atomic mass is 10.5. The van der Waals surface area contributed by atoms with Gasteiger partial charge in [0.15, 0.2) is 6.23 Å². The zero-order valence-corrected chi connectivity index (χ0v) is 8.88. The molecule has 1 rings (SSSR count). The smallest absolute Gasteiger partial charge is 0.330 e. The van der Waals surface area contributed by atoms with Crippen molar-refractivity contribution in [1.29, 1.82) is 0 Å². The Morgan fingerprint density at radius 2 is 2.31 bits per heavy atom. The lowest BCUT2D eigenvalue weighted by molar-refractivity contribution is -0.0590. The average Bonchev–Trinajstić information content (AvgIpc) is 2.25. The van der Waals surface area contributed by atoms with Gasteiger partial charge in [-0.15, -0.1) is 0 Å². The molecule has 0 aliphatic carbocycles. The van der Waals surface area contributed by atoms with Gasteiger partial charge in [0, 0.05) is 19.4 Å². The molecule has 16 heavy (non-hydrogen) atoms. The van der Waals surface area contributed by atoms with Gasteiger partial charge in [-0.2, -0.15) is 0 Å². The minimum atomic E-state index is -0.665. The monoisotopic (exact) mass is 230 g/mol. The molecule has 1 aromatic heterocycles. The van der Waals surface area contributed by atoms with Crippen LogP contribution in [0.5, 0.6) is 0 Å². The summed E-state index contributed by atoms with van der Waals surface area (Å²) in [7, 11) is 1.46. The van der Waals surface area contributed by atoms with Crippen LogP contribution >= 0.6 is 0 Å². The van der Waals surface area contributed by atoms with Crippen molar-refractivity contribution in [3.63, 3.8) is 0 Å². The van der Waals surface area contributed by atoms with Crippen molar-refractivity contribution >= 4 is 0 Å². The van der Waals surface area contributed by atoms with E-state index in [1.54, 1.807) is 0 Å². The Morgan fingerprint density at radius 3 is 2.88 bits per heavy atom. The van der Waals surface area contributed by atoms with Crippen LogP contribution in [0.15, 0.2) is 21.9 Å². The molecule has 0 radical (unpaired) electrons. The van der Waals surface area contributed by atoms with Crippen LogP contribution in [0.4, 0.5) is 0 Å². The first-order valence-corrected chi connectivity index (χ1v) is 4.72. The number of rotatable bonds is 6. The predicted octanol–water partition coefficient (Wildman–Crippen LogP) is -1.31. The van der Waals surface area contributed by atoms with Gasteiger partial charge in [-0.25, -0.2) is 4.79 Å². The Morgan fingerprint density at radius 1 is 1.56 bits per heavy atom. The van der Waals surface area contributed by atoms with Crippen LogP contribution in [0.3, 0.4) is 0 Å². The van der Waals surface area contributed by atoms with Crippen molar-refractivity contribution in [1.82, 2.24) is 9.55 Å². The van der Waals surface area contributed by atoms with Gasteiger partial charge in [0.25, 0.3) is 5.56 Å². The van der Waals surface area contributed by atoms with Gasteiger partial charge in [-0.3, -0.25) is 14.3 Å². The topological polar surface area (TPSA) is 93.5 Å². The van der Waals surface area contributed by atoms with Crippen molar-refractivity contribution < 1.29 is 14.6 Å². The molecule has 0 amide bonds. The van der Waals surface area contributed by atoms with Gasteiger partial charge in [0.05, 0.1) is 19.8 Å². The molecule has 7 nitrogen and oxygen atoms in total. The fourth-order valence-electron chi connectivity index (χ4n) is 1.19. The van der Waals surface area contributed by atoms with Gasteiger partial charge in [-0.1, -0.05) is 0 Å². The Balaban J connectivity index is 2.91. The highest BCUT2D eigenvalue weighted by atomic mass is 16.5. The number of aliphatic hydroxyl groups excluding tert-OH is 1. The average molecular weight is 230 g/mol. The van der Waals surface area contributed by atoms with Crippen LogP contribution < -0.4 is 11.2 Å². The van der Waals surface area contributed by atoms with E-state index in [-0.39, 0.29) is 19.8 Å². The van der Waals surface area contributed by atoms with E-state index in [1.165, 1.54) is 23.9 Å². The maximum absolute atomic E-state index is 11.4. The largest absolute Gasteiger partial charge is 0.394 e. The zero-order chi connectivity index (χ0) is 12.0. The molecule has 1 aromatic rings. The second-order valence-electron chi connectivity index (χ2n) is 3.02. The van der Waals surface area contributed by atoms with Crippen LogP contribution in [0.1, 0.15) is 6.23 Å². The molecule has 0 spiro atoms. The van der Waals surface area contributed by atoms with Gasteiger partial charge in [0.2, 0.25) is 0 Å². The molecule has 0 saturated heterocycles. The SMILES string of the molecule is COCC(OCCO)n1ccc(=O)[nH]c1=O. The van der Waals surface area contributed by atoms with E-state index < -0.39 is 17.5 Å². The minimum absolute atomic E-state index is 0.0829. The van der Waals surface area contributed by atoms with Crippen LogP contribution in [-0.4, -0.2) is 41.6 Å². The highest BCUT2D eigenvalue weighted by Gasteiger charge is 2.12. The number of aliphatic hydroxyl groups is 1. The fourth-order valence-corrected chi connectivity index (χ4v) is 1.19. The summed E-state index contributed by atoms with van der Waals surface area (Å²) in [5.74, 6) is 0. The van der Waals surface area contributed by atoms with Crippen LogP contribution in [0, 0.1) is 0 Å². The van der Waals surface area contributed by atoms with Crippen LogP contribution in [-0.2, 0) is 9.47 Å². The van der Waals surface area contributed by atoms with E-state index >= 15 is 0 Å². The molecule has 1 unspecified atom stereocenters. The molecule has 0 aliphatic heterocycles. The molecule has 7 heteroatoms. The maximum Gasteiger partial charge on any atom is 0.330 e. The molecule has 1 atom stereocenters. The number of nitrogens with one attached hydrogen (secondary N) is 1. The first-order chi connectivity index (χ1) is 7.69. The third-order valence-corrected chi connectivity index (χ3v) is 1.87. The maximum atomic E-state index is 11.4. The summed E-state index contributed by atoms with van der Waals surface area (Å²) in [6.45, 7) is 0.0733. The molecule has 1 heterocycles. The zero-order valence-electron chi connectivity index (χ0n) is 8.88. The summed E-state index contributed by atoms with van der Waals surface area (Å²) in [4.78, 5) is 24.4. The predicted molar refractivity (Wildman–Crippen MR) is 55.3 cm³/mol. The molecule has 2 N–H and O–H groups in total. The second-order valence-corrected chi connectivity index (χ2v) is 3.02. The second kappa shape index (κ2) is 6.21. The first kappa shape index (κ1) is 12.6. The van der Waals surface area contributed by atoms with E-state index in [1.807, 2.05) is 0 Å². The number of ether oxygens (including phenoxy) is 2. The quantitative estimate of drug-likeness (QED) is 0.633. The van der Waals surface area contributed by atoms with E-state index in [0.717, 1.165) is 0 Å². The molecule has 90 valence electrons. The summed E-state index contributed by atoms with van der Waals surface area (Å²) in [6.07, 6.45) is 0.656. The summed E-state index contributed by atoms with van der Waals surface area (Å²) in [5, 5.41) is 8.63. The standard InChI is InChI=1S/C9H14N2O5/c1-15-6-8(16-5-4-12)11-3-2-7(13)10-9(11)14/h2-3,8,12H,4-6H2,1H3,(H,10,13,14). The minimum Gasteiger partial charge on any atom is -0.394 e. The summed E-state index contributed by atoms with van der Waals surface area (Å²) in [5.41, 5.74) is -1.05. The summed E-state index contributed by atoms with van der Waals surface area (Å²) in [6, 6.07) is 1.21. The Hall–Kier alpha value is -1.44. The molecule has 0 aromatic carbocycles. The molecular formula is C9H14N2O5. The summed E-state index contributed by atoms with van der Waals surface area (Å²) >= 11 is 0. The number of aromatic nitrogens is 2. The van der Waals surface area contributed by atoms with Crippen molar-refractivity contribution in [3.8, 4) is 0 Å². The van der Waals surface area contributed by atoms with Crippen molar-refractivity contribution in [2.75, 3.05) is 26.9 Å².